The van der Waals surface area contributed by atoms with Crippen LogP contribution in [0.25, 0.3) is 0 Å². The van der Waals surface area contributed by atoms with Crippen molar-refractivity contribution in [1.29, 1.82) is 0 Å². The number of hydrogen-bond donors (Lipinski definition) is 1. The van der Waals surface area contributed by atoms with Gasteiger partial charge in [0, 0.05) is 73.7 Å². The quantitative estimate of drug-likeness (QED) is 0.0281. The minimum Gasteiger partial charge on any atom is -0.489 e. The molecule has 16 aromatic carbocycles. The molecule has 2 bridgehead atoms. The molecule has 140 heavy (non-hydrogen) atoms. The molecule has 2 aliphatic heterocycles. The van der Waals surface area contributed by atoms with Crippen molar-refractivity contribution in [2.45, 2.75) is 149 Å². The van der Waals surface area contributed by atoms with E-state index < -0.39 is 11.9 Å². The molecule has 708 valence electrons. The van der Waals surface area contributed by atoms with Crippen molar-refractivity contribution in [2.24, 2.45) is 0 Å². The standard InChI is InChI=1S/C122H114NO17/c1-123(104-47-48-105(123)64-120(63-104)140-122(125)121(73-124)103-45-27-10-28-46-103)72-96-49-106(134-82-101-59-116(136-84-97-51-108(126-74-88-29-11-2-12-30-88)66-109(52-97)127-75-89-31-13-3-14-32-89)70-117(60-101)137-85-98-53-110(128-76-90-33-15-4-16-34-90)67-111(54-98)129-77-91-35-17-5-18-36-91)65-107(50-96)135-83-102-61-118(138-86-99-55-112(130-78-92-37-19-6-20-38-92)68-113(56-99)131-79-93-39-21-7-22-40-93)71-119(62-102)139-87-100-57-114(132-80-94-41-23-8-24-42-94)69-115(58-100)133-81-95-43-25-9-26-44-95/h2-46,49-62,65-71,104-105,120-121,124H,47-48,63-64,72-87H2,1H3/q+1/t104-,105+,120?,121?,123?. The molecular weight excluding hydrogens is 1750 g/mol. The van der Waals surface area contributed by atoms with E-state index in [1.807, 2.05) is 388 Å². The predicted octanol–water partition coefficient (Wildman–Crippen LogP) is 25.8. The normalized spacial score (nSPS) is 14.8. The lowest BCUT2D eigenvalue weighted by atomic mass is 9.94. The van der Waals surface area contributed by atoms with Crippen LogP contribution in [0.2, 0.25) is 0 Å². The van der Waals surface area contributed by atoms with E-state index in [4.69, 9.17) is 71.1 Å². The average Bonchev–Trinajstić information content (AvgIpc) is 1.60. The van der Waals surface area contributed by atoms with Crippen LogP contribution in [0.1, 0.15) is 121 Å². The third kappa shape index (κ3) is 27.7. The Hall–Kier alpha value is -15.9. The molecule has 0 spiro atoms. The zero-order valence-electron chi connectivity index (χ0n) is 78.5. The highest BCUT2D eigenvalue weighted by molar-refractivity contribution is 5.78. The molecule has 0 saturated carbocycles. The summed E-state index contributed by atoms with van der Waals surface area (Å²) in [5.74, 6) is 7.02. The number of aliphatic hydroxyl groups excluding tert-OH is 1. The molecule has 5 atom stereocenters. The maximum absolute atomic E-state index is 14.1. The minimum atomic E-state index is -0.787. The van der Waals surface area contributed by atoms with Crippen molar-refractivity contribution in [1.82, 2.24) is 0 Å². The van der Waals surface area contributed by atoms with Crippen LogP contribution in [-0.4, -0.2) is 47.4 Å². The Morgan fingerprint density at radius 2 is 0.400 bits per heavy atom. The number of esters is 1. The van der Waals surface area contributed by atoms with Crippen LogP contribution in [0.3, 0.4) is 0 Å². The Kier molecular flexibility index (Phi) is 32.2. The first-order valence-corrected chi connectivity index (χ1v) is 47.7. The van der Waals surface area contributed by atoms with E-state index in [-0.39, 0.29) is 64.4 Å². The van der Waals surface area contributed by atoms with Crippen LogP contribution in [0.4, 0.5) is 0 Å². The van der Waals surface area contributed by atoms with Gasteiger partial charge in [0.15, 0.2) is 0 Å². The Labute approximate surface area is 818 Å². The third-order valence-electron chi connectivity index (χ3n) is 25.0. The Morgan fingerprint density at radius 3 is 0.579 bits per heavy atom. The van der Waals surface area contributed by atoms with Gasteiger partial charge >= 0.3 is 5.97 Å². The van der Waals surface area contributed by atoms with Gasteiger partial charge in [0.1, 0.15) is 192 Å². The molecule has 16 aromatic rings. The molecule has 3 unspecified atom stereocenters. The summed E-state index contributed by atoms with van der Waals surface area (Å²) in [6.07, 6.45) is 2.91. The van der Waals surface area contributed by atoms with Gasteiger partial charge in [0.25, 0.3) is 0 Å². The number of nitrogens with zero attached hydrogens (tertiary/aromatic N) is 1. The molecule has 0 aromatic heterocycles. The predicted molar refractivity (Wildman–Crippen MR) is 539 cm³/mol. The molecular formula is C122H114NO17+. The highest BCUT2D eigenvalue weighted by atomic mass is 16.6. The van der Waals surface area contributed by atoms with E-state index in [9.17, 15) is 9.90 Å². The molecule has 2 aliphatic rings. The summed E-state index contributed by atoms with van der Waals surface area (Å²) < 4.78 is 101. The summed E-state index contributed by atoms with van der Waals surface area (Å²) in [4.78, 5) is 14.1. The van der Waals surface area contributed by atoms with Crippen molar-refractivity contribution in [2.75, 3.05) is 13.7 Å². The number of rotatable bonds is 48. The number of aliphatic hydroxyl groups is 1. The first-order valence-electron chi connectivity index (χ1n) is 47.7. The van der Waals surface area contributed by atoms with E-state index in [0.717, 1.165) is 102 Å². The molecule has 18 rings (SSSR count). The van der Waals surface area contributed by atoms with E-state index in [0.29, 0.717) is 157 Å². The van der Waals surface area contributed by atoms with Crippen molar-refractivity contribution in [3.8, 4) is 80.5 Å². The van der Waals surface area contributed by atoms with Gasteiger partial charge in [-0.1, -0.05) is 273 Å². The smallest absolute Gasteiger partial charge is 0.316 e. The van der Waals surface area contributed by atoms with Crippen molar-refractivity contribution < 1.29 is 85.4 Å². The molecule has 2 heterocycles. The highest BCUT2D eigenvalue weighted by Crippen LogP contribution is 2.46. The summed E-state index contributed by atoms with van der Waals surface area (Å²) in [5, 5.41) is 10.6. The van der Waals surface area contributed by atoms with Gasteiger partial charge in [0.2, 0.25) is 0 Å². The van der Waals surface area contributed by atoms with Gasteiger partial charge in [-0.15, -0.1) is 0 Å². The van der Waals surface area contributed by atoms with Crippen LogP contribution in [-0.2, 0) is 109 Å². The van der Waals surface area contributed by atoms with E-state index >= 15 is 0 Å². The number of fused-ring (bicyclic) bond motifs is 2. The number of carbonyl (C=O) groups is 1. The zero-order chi connectivity index (χ0) is 95.1. The molecule has 0 amide bonds. The molecule has 18 nitrogen and oxygen atoms in total. The Morgan fingerprint density at radius 1 is 0.236 bits per heavy atom. The number of ether oxygens (including phenoxy) is 15. The largest absolute Gasteiger partial charge is 0.489 e. The number of quaternary nitrogens is 1. The molecule has 2 fully saturated rings. The Balaban J connectivity index is 0.669. The van der Waals surface area contributed by atoms with Crippen LogP contribution in [0.5, 0.6) is 80.5 Å². The maximum atomic E-state index is 14.1. The Bertz CT molecular complexity index is 5710. The lowest BCUT2D eigenvalue weighted by Crippen LogP contribution is -2.58. The van der Waals surface area contributed by atoms with Gasteiger partial charge in [-0.05, 0) is 168 Å². The fraction of sp³-hybridized carbons (Fsp3) is 0.205. The second-order valence-corrected chi connectivity index (χ2v) is 35.7. The van der Waals surface area contributed by atoms with Crippen LogP contribution in [0.15, 0.2) is 400 Å². The summed E-state index contributed by atoms with van der Waals surface area (Å²) >= 11 is 0. The lowest BCUT2D eigenvalue weighted by molar-refractivity contribution is -0.961. The summed E-state index contributed by atoms with van der Waals surface area (Å²) in [6, 6.07) is 132. The SMILES string of the molecule is C[N+]1(Cc2cc(OCc3cc(OCc4cc(OCc5ccccc5)cc(OCc5ccccc5)c4)cc(OCc4cc(OCc5ccccc5)cc(OCc5ccccc5)c4)c3)cc(OCc3cc(OCc4cc(OCc5ccccc5)cc(OCc5ccccc5)c4)cc(OCc4cc(OCc5ccccc5)cc(OCc5ccccc5)c4)c3)c2)[C@@H]2CC[C@H]1CC(OC(=O)C(CO)c1ccccc1)C2. The molecule has 0 aliphatic carbocycles. The first-order chi connectivity index (χ1) is 68.9. The van der Waals surface area contributed by atoms with Crippen LogP contribution in [0, 0.1) is 0 Å². The monoisotopic (exact) mass is 1860 g/mol. The maximum Gasteiger partial charge on any atom is 0.316 e. The topological polar surface area (TPSA) is 176 Å². The number of benzene rings is 16. The lowest BCUT2D eigenvalue weighted by Gasteiger charge is -2.47. The highest BCUT2D eigenvalue weighted by Gasteiger charge is 2.53. The molecule has 2 saturated heterocycles. The van der Waals surface area contributed by atoms with Gasteiger partial charge in [-0.2, -0.15) is 0 Å². The second kappa shape index (κ2) is 47.7. The summed E-state index contributed by atoms with van der Waals surface area (Å²) in [6.45, 7) is 3.75. The second-order valence-electron chi connectivity index (χ2n) is 35.7. The molecule has 0 radical (unpaired) electrons. The number of piperidine rings is 1. The van der Waals surface area contributed by atoms with E-state index in [2.05, 4.69) is 19.2 Å². The summed E-state index contributed by atoms with van der Waals surface area (Å²) in [7, 11) is 2.33. The average molecular weight is 1870 g/mol. The third-order valence-corrected chi connectivity index (χ3v) is 25.0. The van der Waals surface area contributed by atoms with Gasteiger partial charge < -0.3 is 80.6 Å². The number of carbonyl (C=O) groups excluding carboxylic acids is 1. The van der Waals surface area contributed by atoms with Crippen LogP contribution < -0.4 is 66.3 Å². The van der Waals surface area contributed by atoms with Crippen molar-refractivity contribution >= 4 is 5.97 Å². The molecule has 1 N–H and O–H groups in total. The first kappa shape index (κ1) is 94.5. The van der Waals surface area contributed by atoms with Gasteiger partial charge in [0.05, 0.1) is 25.7 Å². The van der Waals surface area contributed by atoms with Gasteiger partial charge in [-0.25, -0.2) is 0 Å². The van der Waals surface area contributed by atoms with Crippen molar-refractivity contribution in [3.05, 3.63) is 489 Å². The fourth-order valence-electron chi connectivity index (χ4n) is 17.8. The van der Waals surface area contributed by atoms with E-state index in [1.165, 1.54) is 0 Å². The van der Waals surface area contributed by atoms with Crippen LogP contribution >= 0.6 is 0 Å². The summed E-state index contributed by atoms with van der Waals surface area (Å²) in [5.41, 5.74) is 14.7. The van der Waals surface area contributed by atoms with E-state index in [1.54, 1.807) is 0 Å². The minimum absolute atomic E-state index is 0.0742. The van der Waals surface area contributed by atoms with Gasteiger partial charge in [-0.3, -0.25) is 4.79 Å². The molecule has 18 heteroatoms. The number of hydrogen-bond acceptors (Lipinski definition) is 17. The fourth-order valence-corrected chi connectivity index (χ4v) is 17.8. The zero-order valence-corrected chi connectivity index (χ0v) is 78.5. The van der Waals surface area contributed by atoms with Crippen molar-refractivity contribution in [3.63, 3.8) is 0 Å².